The molecule has 1 fully saturated rings. The van der Waals surface area contributed by atoms with Gasteiger partial charge in [0.25, 0.3) is 0 Å². The van der Waals surface area contributed by atoms with Crippen molar-refractivity contribution in [3.05, 3.63) is 35.6 Å². The molecule has 0 spiro atoms. The lowest BCUT2D eigenvalue weighted by Gasteiger charge is -2.16. The van der Waals surface area contributed by atoms with Gasteiger partial charge in [-0.1, -0.05) is 19.1 Å². The van der Waals surface area contributed by atoms with Crippen LogP contribution >= 0.6 is 0 Å². The highest BCUT2D eigenvalue weighted by Gasteiger charge is 2.39. The van der Waals surface area contributed by atoms with Crippen LogP contribution in [-0.2, 0) is 20.6 Å². The first-order valence-electron chi connectivity index (χ1n) is 6.24. The zero-order chi connectivity index (χ0) is 14.9. The smallest absolute Gasteiger partial charge is 0.308 e. The Labute approximate surface area is 117 Å². The lowest BCUT2D eigenvalue weighted by molar-refractivity contribution is -0.142. The summed E-state index contributed by atoms with van der Waals surface area (Å²) in [5.41, 5.74) is 0.358. The number of halogens is 1. The zero-order valence-electron chi connectivity index (χ0n) is 11.0. The second kappa shape index (κ2) is 5.49. The summed E-state index contributed by atoms with van der Waals surface area (Å²) in [6.45, 7) is 1.89. The summed E-state index contributed by atoms with van der Waals surface area (Å²) in [6, 6.07) is 5.40. The maximum Gasteiger partial charge on any atom is 0.308 e. The third-order valence-corrected chi connectivity index (χ3v) is 5.31. The highest BCUT2D eigenvalue weighted by molar-refractivity contribution is 7.88. The number of hydrogen-bond acceptors (Lipinski definition) is 3. The molecule has 1 aliphatic rings. The number of carboxylic acid groups (broad SMARTS) is 1. The van der Waals surface area contributed by atoms with Crippen molar-refractivity contribution in [3.63, 3.8) is 0 Å². The van der Waals surface area contributed by atoms with Crippen LogP contribution in [0, 0.1) is 17.7 Å². The quantitative estimate of drug-likeness (QED) is 0.910. The molecule has 2 rings (SSSR count). The molecule has 110 valence electrons. The summed E-state index contributed by atoms with van der Waals surface area (Å²) in [5, 5.41) is 9.02. The molecule has 5 nitrogen and oxygen atoms in total. The first kappa shape index (κ1) is 14.9. The second-order valence-corrected chi connectivity index (χ2v) is 7.09. The van der Waals surface area contributed by atoms with E-state index in [1.807, 2.05) is 0 Å². The number of carbonyl (C=O) groups is 1. The number of nitrogens with zero attached hydrogens (tertiary/aromatic N) is 1. The van der Waals surface area contributed by atoms with Crippen LogP contribution in [0.5, 0.6) is 0 Å². The van der Waals surface area contributed by atoms with Gasteiger partial charge >= 0.3 is 5.97 Å². The van der Waals surface area contributed by atoms with Crippen LogP contribution in [0.3, 0.4) is 0 Å². The summed E-state index contributed by atoms with van der Waals surface area (Å²) in [4.78, 5) is 11.0. The molecule has 20 heavy (non-hydrogen) atoms. The molecule has 1 saturated heterocycles. The van der Waals surface area contributed by atoms with E-state index in [0.717, 1.165) is 0 Å². The van der Waals surface area contributed by atoms with Gasteiger partial charge in [-0.2, -0.15) is 0 Å². The van der Waals surface area contributed by atoms with E-state index in [1.165, 1.54) is 28.6 Å². The number of carboxylic acids is 1. The Morgan fingerprint density at radius 2 is 2.15 bits per heavy atom. The highest BCUT2D eigenvalue weighted by atomic mass is 32.2. The molecule has 1 N–H and O–H groups in total. The van der Waals surface area contributed by atoms with E-state index in [4.69, 9.17) is 5.11 Å². The Morgan fingerprint density at radius 1 is 1.45 bits per heavy atom. The fourth-order valence-electron chi connectivity index (χ4n) is 2.40. The van der Waals surface area contributed by atoms with Gasteiger partial charge < -0.3 is 5.11 Å². The molecule has 1 heterocycles. The predicted octanol–water partition coefficient (Wildman–Crippen LogP) is 1.31. The monoisotopic (exact) mass is 301 g/mol. The zero-order valence-corrected chi connectivity index (χ0v) is 11.8. The largest absolute Gasteiger partial charge is 0.481 e. The van der Waals surface area contributed by atoms with Crippen molar-refractivity contribution >= 4 is 16.0 Å². The van der Waals surface area contributed by atoms with Crippen LogP contribution in [0.2, 0.25) is 0 Å². The average molecular weight is 301 g/mol. The van der Waals surface area contributed by atoms with E-state index in [-0.39, 0.29) is 24.8 Å². The van der Waals surface area contributed by atoms with Gasteiger partial charge in [-0.15, -0.1) is 0 Å². The molecule has 1 aliphatic heterocycles. The van der Waals surface area contributed by atoms with E-state index < -0.39 is 27.7 Å². The van der Waals surface area contributed by atoms with Crippen molar-refractivity contribution in [2.45, 2.75) is 12.7 Å². The van der Waals surface area contributed by atoms with Gasteiger partial charge in [-0.05, 0) is 23.6 Å². The van der Waals surface area contributed by atoms with Crippen LogP contribution in [-0.4, -0.2) is 36.9 Å². The van der Waals surface area contributed by atoms with Gasteiger partial charge in [0.05, 0.1) is 11.7 Å². The minimum absolute atomic E-state index is 0.0197. The Hall–Kier alpha value is -1.47. The van der Waals surface area contributed by atoms with Crippen LogP contribution in [0.4, 0.5) is 4.39 Å². The minimum Gasteiger partial charge on any atom is -0.481 e. The fourth-order valence-corrected chi connectivity index (χ4v) is 4.03. The van der Waals surface area contributed by atoms with Crippen molar-refractivity contribution in [2.24, 2.45) is 11.8 Å². The number of aliphatic carboxylic acids is 1. The predicted molar refractivity (Wildman–Crippen MR) is 70.9 cm³/mol. The van der Waals surface area contributed by atoms with E-state index in [2.05, 4.69) is 0 Å². The van der Waals surface area contributed by atoms with Crippen LogP contribution in [0.25, 0.3) is 0 Å². The molecule has 0 saturated carbocycles. The molecule has 0 bridgehead atoms. The number of hydrogen-bond donors (Lipinski definition) is 1. The standard InChI is InChI=1S/C13H16FNO4S/c1-9-6-15(7-12(9)13(16)17)20(18,19)8-10-3-2-4-11(14)5-10/h2-5,9,12H,6-8H2,1H3,(H,16,17)/t9-,12-/m1/s1. The summed E-state index contributed by atoms with van der Waals surface area (Å²) in [6.07, 6.45) is 0. The van der Waals surface area contributed by atoms with Crippen molar-refractivity contribution in [1.29, 1.82) is 0 Å². The molecular formula is C13H16FNO4S. The van der Waals surface area contributed by atoms with E-state index in [9.17, 15) is 17.6 Å². The van der Waals surface area contributed by atoms with Gasteiger partial charge in [-0.25, -0.2) is 17.1 Å². The molecule has 1 aromatic rings. The molecule has 0 radical (unpaired) electrons. The normalized spacial score (nSPS) is 23.9. The van der Waals surface area contributed by atoms with E-state index in [1.54, 1.807) is 6.92 Å². The molecule has 0 unspecified atom stereocenters. The first-order chi connectivity index (χ1) is 9.29. The van der Waals surface area contributed by atoms with Crippen molar-refractivity contribution in [3.8, 4) is 0 Å². The van der Waals surface area contributed by atoms with E-state index >= 15 is 0 Å². The lowest BCUT2D eigenvalue weighted by atomic mass is 9.99. The average Bonchev–Trinajstić information content (AvgIpc) is 2.71. The van der Waals surface area contributed by atoms with Crippen LogP contribution in [0.1, 0.15) is 12.5 Å². The summed E-state index contributed by atoms with van der Waals surface area (Å²) < 4.78 is 38.7. The second-order valence-electron chi connectivity index (χ2n) is 5.13. The van der Waals surface area contributed by atoms with Gasteiger partial charge in [-0.3, -0.25) is 4.79 Å². The number of sulfonamides is 1. The van der Waals surface area contributed by atoms with Crippen molar-refractivity contribution in [1.82, 2.24) is 4.31 Å². The maximum atomic E-state index is 13.1. The van der Waals surface area contributed by atoms with Crippen LogP contribution < -0.4 is 0 Å². The Morgan fingerprint density at radius 3 is 2.70 bits per heavy atom. The molecule has 1 aromatic carbocycles. The van der Waals surface area contributed by atoms with Crippen LogP contribution in [0.15, 0.2) is 24.3 Å². The lowest BCUT2D eigenvalue weighted by Crippen LogP contribution is -2.31. The van der Waals surface area contributed by atoms with E-state index in [0.29, 0.717) is 5.56 Å². The van der Waals surface area contributed by atoms with Gasteiger partial charge in [0.15, 0.2) is 0 Å². The van der Waals surface area contributed by atoms with Gasteiger partial charge in [0.1, 0.15) is 5.82 Å². The third kappa shape index (κ3) is 3.16. The third-order valence-electron chi connectivity index (χ3n) is 3.53. The Balaban J connectivity index is 2.14. The van der Waals surface area contributed by atoms with Gasteiger partial charge in [0, 0.05) is 13.1 Å². The molecule has 0 aromatic heterocycles. The SMILES string of the molecule is C[C@@H]1CN(S(=O)(=O)Cc2cccc(F)c2)C[C@H]1C(=O)O. The maximum absolute atomic E-state index is 13.1. The molecule has 0 amide bonds. The van der Waals surface area contributed by atoms with Crippen molar-refractivity contribution < 1.29 is 22.7 Å². The molecule has 7 heteroatoms. The summed E-state index contributed by atoms with van der Waals surface area (Å²) in [7, 11) is -3.63. The topological polar surface area (TPSA) is 74.7 Å². The first-order valence-corrected chi connectivity index (χ1v) is 7.85. The number of rotatable bonds is 4. The minimum atomic E-state index is -3.63. The number of benzene rings is 1. The Bertz CT molecular complexity index is 617. The summed E-state index contributed by atoms with van der Waals surface area (Å²) >= 11 is 0. The van der Waals surface area contributed by atoms with Gasteiger partial charge in [0.2, 0.25) is 10.0 Å². The summed E-state index contributed by atoms with van der Waals surface area (Å²) in [5.74, 6) is -2.70. The Kier molecular flexibility index (Phi) is 4.10. The highest BCUT2D eigenvalue weighted by Crippen LogP contribution is 2.27. The molecule has 2 atom stereocenters. The fraction of sp³-hybridized carbons (Fsp3) is 0.462. The molecular weight excluding hydrogens is 285 g/mol. The molecule has 0 aliphatic carbocycles. The van der Waals surface area contributed by atoms with Crippen molar-refractivity contribution in [2.75, 3.05) is 13.1 Å².